The third kappa shape index (κ3) is 5.68. The Bertz CT molecular complexity index is 884. The maximum absolute atomic E-state index is 12.9. The molecule has 5 nitrogen and oxygen atoms in total. The van der Waals surface area contributed by atoms with Crippen LogP contribution < -0.4 is 10.6 Å². The fourth-order valence-corrected chi connectivity index (χ4v) is 3.76. The number of para-hydroxylation sites is 1. The van der Waals surface area contributed by atoms with Crippen LogP contribution in [-0.2, 0) is 11.3 Å². The van der Waals surface area contributed by atoms with Crippen LogP contribution >= 0.6 is 11.6 Å². The Morgan fingerprint density at radius 2 is 1.93 bits per heavy atom. The lowest BCUT2D eigenvalue weighted by molar-refractivity contribution is -0.121. The van der Waals surface area contributed by atoms with Crippen molar-refractivity contribution >= 4 is 29.1 Å². The summed E-state index contributed by atoms with van der Waals surface area (Å²) in [5.74, 6) is -0.418. The number of halogens is 1. The van der Waals surface area contributed by atoms with Gasteiger partial charge in [-0.1, -0.05) is 48.0 Å². The fourth-order valence-electron chi connectivity index (χ4n) is 3.57. The van der Waals surface area contributed by atoms with Crippen molar-refractivity contribution in [2.75, 3.05) is 25.0 Å². The number of carbonyl (C=O) groups excluding carboxylic acids is 2. The number of nitrogens with one attached hydrogen (secondary N) is 2. The molecule has 0 unspecified atom stereocenters. The van der Waals surface area contributed by atoms with Gasteiger partial charge in [0.1, 0.15) is 0 Å². The van der Waals surface area contributed by atoms with Gasteiger partial charge in [0, 0.05) is 24.7 Å². The summed E-state index contributed by atoms with van der Waals surface area (Å²) in [7, 11) is 0. The molecule has 0 aliphatic carbocycles. The summed E-state index contributed by atoms with van der Waals surface area (Å²) in [6.07, 6.45) is 3.40. The molecule has 2 N–H and O–H groups in total. The van der Waals surface area contributed by atoms with E-state index in [0.717, 1.165) is 36.5 Å². The van der Waals surface area contributed by atoms with Crippen molar-refractivity contribution in [3.63, 3.8) is 0 Å². The van der Waals surface area contributed by atoms with E-state index in [0.29, 0.717) is 24.3 Å². The molecule has 3 rings (SSSR count). The number of amides is 2. The fraction of sp³-hybridized carbons (Fsp3) is 0.304. The van der Waals surface area contributed by atoms with Crippen LogP contribution in [0.25, 0.3) is 0 Å². The van der Waals surface area contributed by atoms with Gasteiger partial charge in [-0.25, -0.2) is 0 Å². The number of piperidine rings is 1. The van der Waals surface area contributed by atoms with E-state index in [1.807, 2.05) is 30.3 Å². The molecule has 1 fully saturated rings. The van der Waals surface area contributed by atoms with Gasteiger partial charge in [0.15, 0.2) is 0 Å². The summed E-state index contributed by atoms with van der Waals surface area (Å²) in [5.41, 5.74) is 2.05. The Morgan fingerprint density at radius 3 is 2.72 bits per heavy atom. The molecule has 152 valence electrons. The Labute approximate surface area is 176 Å². The normalized spacial score (nSPS) is 16.8. The predicted octanol–water partition coefficient (Wildman–Crippen LogP) is 4.11. The highest BCUT2D eigenvalue weighted by molar-refractivity contribution is 6.31. The summed E-state index contributed by atoms with van der Waals surface area (Å²) in [5, 5.41) is 6.46. The lowest BCUT2D eigenvalue weighted by atomic mass is 9.96. The number of nitrogens with zero attached hydrogens (tertiary/aromatic N) is 1. The number of likely N-dealkylation sites (tertiary alicyclic amines) is 1. The maximum Gasteiger partial charge on any atom is 0.253 e. The van der Waals surface area contributed by atoms with Crippen molar-refractivity contribution in [1.29, 1.82) is 0 Å². The average Bonchev–Trinajstić information content (AvgIpc) is 2.74. The molecule has 2 amide bonds. The molecule has 2 aromatic rings. The number of hydrogen-bond donors (Lipinski definition) is 2. The number of rotatable bonds is 7. The summed E-state index contributed by atoms with van der Waals surface area (Å²) < 4.78 is 0. The molecule has 0 bridgehead atoms. The standard InChI is InChI=1S/C23H26ClN3O2/c1-2-13-25-23(29)19-10-4-6-12-21(19)26-22(28)18-9-7-14-27(16-18)15-17-8-3-5-11-20(17)24/h2-6,8,10-12,18H,1,7,9,13-16H2,(H,25,29)(H,26,28)/t18-/m1/s1. The summed E-state index contributed by atoms with van der Waals surface area (Å²) >= 11 is 6.28. The molecule has 1 heterocycles. The Balaban J connectivity index is 1.64. The molecule has 1 aliphatic heterocycles. The Morgan fingerprint density at radius 1 is 1.17 bits per heavy atom. The number of benzene rings is 2. The zero-order valence-electron chi connectivity index (χ0n) is 16.4. The van der Waals surface area contributed by atoms with Crippen LogP contribution in [0.2, 0.25) is 5.02 Å². The highest BCUT2D eigenvalue weighted by Gasteiger charge is 2.27. The molecular weight excluding hydrogens is 386 g/mol. The Kier molecular flexibility index (Phi) is 7.44. The van der Waals surface area contributed by atoms with Crippen LogP contribution in [0, 0.1) is 5.92 Å². The van der Waals surface area contributed by atoms with Gasteiger partial charge in [-0.3, -0.25) is 14.5 Å². The van der Waals surface area contributed by atoms with Crippen LogP contribution in [0.4, 0.5) is 5.69 Å². The molecule has 2 aromatic carbocycles. The van der Waals surface area contributed by atoms with E-state index in [-0.39, 0.29) is 17.7 Å². The van der Waals surface area contributed by atoms with Crippen LogP contribution in [0.1, 0.15) is 28.8 Å². The second-order valence-electron chi connectivity index (χ2n) is 7.20. The van der Waals surface area contributed by atoms with Gasteiger partial charge in [0.2, 0.25) is 5.91 Å². The highest BCUT2D eigenvalue weighted by atomic mass is 35.5. The first kappa shape index (κ1) is 21.1. The van der Waals surface area contributed by atoms with E-state index < -0.39 is 0 Å². The highest BCUT2D eigenvalue weighted by Crippen LogP contribution is 2.24. The van der Waals surface area contributed by atoms with Crippen molar-refractivity contribution in [3.05, 3.63) is 77.3 Å². The molecule has 0 aromatic heterocycles. The summed E-state index contributed by atoms with van der Waals surface area (Å²) in [6, 6.07) is 14.9. The SMILES string of the molecule is C=CCNC(=O)c1ccccc1NC(=O)[C@@H]1CCCN(Cc2ccccc2Cl)C1. The smallest absolute Gasteiger partial charge is 0.253 e. The quantitative estimate of drug-likeness (QED) is 0.674. The first-order valence-corrected chi connectivity index (χ1v) is 10.2. The largest absolute Gasteiger partial charge is 0.349 e. The van der Waals surface area contributed by atoms with Crippen LogP contribution in [0.15, 0.2) is 61.2 Å². The van der Waals surface area contributed by atoms with Crippen LogP contribution in [0.3, 0.4) is 0 Å². The summed E-state index contributed by atoms with van der Waals surface area (Å²) in [4.78, 5) is 27.5. The monoisotopic (exact) mass is 411 g/mol. The molecule has 1 atom stereocenters. The second-order valence-corrected chi connectivity index (χ2v) is 7.61. The molecule has 0 spiro atoms. The maximum atomic E-state index is 12.9. The van der Waals surface area contributed by atoms with Gasteiger partial charge in [-0.05, 0) is 43.1 Å². The number of anilines is 1. The lowest BCUT2D eigenvalue weighted by Crippen LogP contribution is -2.40. The molecular formula is C23H26ClN3O2. The van der Waals surface area contributed by atoms with Crippen LogP contribution in [-0.4, -0.2) is 36.3 Å². The van der Waals surface area contributed by atoms with Gasteiger partial charge in [0.25, 0.3) is 5.91 Å². The van der Waals surface area contributed by atoms with Crippen molar-refractivity contribution in [3.8, 4) is 0 Å². The Hall–Kier alpha value is -2.63. The molecule has 29 heavy (non-hydrogen) atoms. The number of hydrogen-bond acceptors (Lipinski definition) is 3. The third-order valence-corrected chi connectivity index (χ3v) is 5.43. The van der Waals surface area contributed by atoms with Gasteiger partial charge in [0.05, 0.1) is 17.2 Å². The molecule has 6 heteroatoms. The summed E-state index contributed by atoms with van der Waals surface area (Å²) in [6.45, 7) is 6.31. The van der Waals surface area contributed by atoms with Crippen molar-refractivity contribution in [1.82, 2.24) is 10.2 Å². The van der Waals surface area contributed by atoms with Gasteiger partial charge >= 0.3 is 0 Å². The zero-order chi connectivity index (χ0) is 20.6. The van der Waals surface area contributed by atoms with Crippen LogP contribution in [0.5, 0.6) is 0 Å². The zero-order valence-corrected chi connectivity index (χ0v) is 17.1. The molecule has 1 saturated heterocycles. The minimum Gasteiger partial charge on any atom is -0.349 e. The minimum absolute atomic E-state index is 0.0576. The van der Waals surface area contributed by atoms with Gasteiger partial charge in [-0.15, -0.1) is 6.58 Å². The van der Waals surface area contributed by atoms with E-state index in [1.54, 1.807) is 24.3 Å². The molecule has 0 radical (unpaired) electrons. The van der Waals surface area contributed by atoms with Gasteiger partial charge < -0.3 is 10.6 Å². The van der Waals surface area contributed by atoms with E-state index in [4.69, 9.17) is 11.6 Å². The van der Waals surface area contributed by atoms with E-state index in [9.17, 15) is 9.59 Å². The first-order chi connectivity index (χ1) is 14.1. The topological polar surface area (TPSA) is 61.4 Å². The third-order valence-electron chi connectivity index (χ3n) is 5.06. The molecule has 1 aliphatic rings. The average molecular weight is 412 g/mol. The lowest BCUT2D eigenvalue weighted by Gasteiger charge is -2.32. The number of carbonyl (C=O) groups is 2. The van der Waals surface area contributed by atoms with E-state index >= 15 is 0 Å². The van der Waals surface area contributed by atoms with Crippen molar-refractivity contribution in [2.24, 2.45) is 5.92 Å². The van der Waals surface area contributed by atoms with E-state index in [1.165, 1.54) is 0 Å². The predicted molar refractivity (Wildman–Crippen MR) is 117 cm³/mol. The van der Waals surface area contributed by atoms with Gasteiger partial charge in [-0.2, -0.15) is 0 Å². The first-order valence-electron chi connectivity index (χ1n) is 9.83. The van der Waals surface area contributed by atoms with E-state index in [2.05, 4.69) is 22.1 Å². The molecule has 0 saturated carbocycles. The minimum atomic E-state index is -0.232. The van der Waals surface area contributed by atoms with Crippen molar-refractivity contribution < 1.29 is 9.59 Å². The second kappa shape index (κ2) is 10.2. The van der Waals surface area contributed by atoms with Crippen molar-refractivity contribution in [2.45, 2.75) is 19.4 Å².